The quantitative estimate of drug-likeness (QED) is 0.207. The molecule has 6 aromatic rings. The molecule has 0 aliphatic rings. The van der Waals surface area contributed by atoms with E-state index in [2.05, 4.69) is 103 Å². The predicted octanol–water partition coefficient (Wildman–Crippen LogP) is 7.01. The van der Waals surface area contributed by atoms with E-state index in [0.29, 0.717) is 5.82 Å². The Morgan fingerprint density at radius 2 is 1.69 bits per heavy atom. The molecular formula is C30H28N8S. The molecule has 39 heavy (non-hydrogen) atoms. The second kappa shape index (κ2) is 11.0. The van der Waals surface area contributed by atoms with E-state index in [4.69, 9.17) is 4.98 Å². The SMILES string of the molecule is CCCN(Cc1ccccc1)c1cc(Nc2ccc3nc(C)sc3c2)cc(-c2ccccc2-c2nnn[nH]2)n1. The van der Waals surface area contributed by atoms with Gasteiger partial charge < -0.3 is 10.2 Å². The molecule has 0 fully saturated rings. The minimum absolute atomic E-state index is 0.605. The molecule has 194 valence electrons. The van der Waals surface area contributed by atoms with Gasteiger partial charge in [-0.15, -0.1) is 16.4 Å². The third-order valence-electron chi connectivity index (χ3n) is 6.43. The summed E-state index contributed by atoms with van der Waals surface area (Å²) in [6.45, 7) is 5.88. The van der Waals surface area contributed by atoms with Gasteiger partial charge in [0.2, 0.25) is 0 Å². The number of thiazole rings is 1. The number of aryl methyl sites for hydroxylation is 1. The summed E-state index contributed by atoms with van der Waals surface area (Å²) in [4.78, 5) is 12.1. The number of aromatic amines is 1. The van der Waals surface area contributed by atoms with Crippen molar-refractivity contribution in [3.63, 3.8) is 0 Å². The zero-order valence-corrected chi connectivity index (χ0v) is 22.6. The molecule has 0 atom stereocenters. The van der Waals surface area contributed by atoms with Crippen LogP contribution in [0.4, 0.5) is 17.2 Å². The maximum Gasteiger partial charge on any atom is 0.180 e. The molecule has 0 saturated heterocycles. The maximum absolute atomic E-state index is 5.18. The monoisotopic (exact) mass is 532 g/mol. The van der Waals surface area contributed by atoms with Crippen LogP contribution in [0, 0.1) is 6.92 Å². The average molecular weight is 533 g/mol. The van der Waals surface area contributed by atoms with Crippen molar-refractivity contribution in [1.29, 1.82) is 0 Å². The van der Waals surface area contributed by atoms with Gasteiger partial charge in [0.1, 0.15) is 5.82 Å². The molecule has 3 aromatic heterocycles. The van der Waals surface area contributed by atoms with E-state index in [1.807, 2.05) is 31.2 Å². The number of nitrogens with one attached hydrogen (secondary N) is 2. The molecule has 0 aliphatic carbocycles. The van der Waals surface area contributed by atoms with Crippen molar-refractivity contribution < 1.29 is 0 Å². The number of fused-ring (bicyclic) bond motifs is 1. The fourth-order valence-electron chi connectivity index (χ4n) is 4.71. The highest BCUT2D eigenvalue weighted by atomic mass is 32.1. The zero-order chi connectivity index (χ0) is 26.6. The van der Waals surface area contributed by atoms with Crippen molar-refractivity contribution in [2.24, 2.45) is 0 Å². The number of H-pyrrole nitrogens is 1. The lowest BCUT2D eigenvalue weighted by molar-refractivity contribution is 0.755. The van der Waals surface area contributed by atoms with Crippen molar-refractivity contribution in [3.8, 4) is 22.6 Å². The van der Waals surface area contributed by atoms with Crippen LogP contribution in [-0.2, 0) is 6.54 Å². The van der Waals surface area contributed by atoms with Crippen LogP contribution in [0.5, 0.6) is 0 Å². The number of hydrogen-bond donors (Lipinski definition) is 2. The predicted molar refractivity (Wildman–Crippen MR) is 158 cm³/mol. The fraction of sp³-hybridized carbons (Fsp3) is 0.167. The molecule has 0 aliphatic heterocycles. The fourth-order valence-corrected chi connectivity index (χ4v) is 5.57. The summed E-state index contributed by atoms with van der Waals surface area (Å²) in [5.41, 5.74) is 6.90. The Balaban J connectivity index is 1.45. The second-order valence-corrected chi connectivity index (χ2v) is 10.6. The number of rotatable bonds is 9. The Morgan fingerprint density at radius 1 is 0.872 bits per heavy atom. The molecule has 0 amide bonds. The first-order valence-corrected chi connectivity index (χ1v) is 13.8. The van der Waals surface area contributed by atoms with Gasteiger partial charge in [0.05, 0.1) is 20.9 Å². The summed E-state index contributed by atoms with van der Waals surface area (Å²) in [5, 5.41) is 19.3. The third-order valence-corrected chi connectivity index (χ3v) is 7.37. The number of anilines is 3. The van der Waals surface area contributed by atoms with E-state index in [0.717, 1.165) is 68.7 Å². The van der Waals surface area contributed by atoms with Crippen LogP contribution in [0.1, 0.15) is 23.9 Å². The first kappa shape index (κ1) is 24.7. The molecule has 0 spiro atoms. The van der Waals surface area contributed by atoms with Gasteiger partial charge in [-0.3, -0.25) is 0 Å². The van der Waals surface area contributed by atoms with Gasteiger partial charge in [0, 0.05) is 41.7 Å². The van der Waals surface area contributed by atoms with E-state index in [1.165, 1.54) is 5.56 Å². The van der Waals surface area contributed by atoms with Gasteiger partial charge in [0.25, 0.3) is 0 Å². The molecule has 2 N–H and O–H groups in total. The summed E-state index contributed by atoms with van der Waals surface area (Å²) in [7, 11) is 0. The highest BCUT2D eigenvalue weighted by molar-refractivity contribution is 7.18. The normalized spacial score (nSPS) is 11.1. The average Bonchev–Trinajstić information content (AvgIpc) is 3.62. The number of pyridine rings is 1. The summed E-state index contributed by atoms with van der Waals surface area (Å²) in [6.07, 6.45) is 1.00. The van der Waals surface area contributed by atoms with Crippen LogP contribution in [-0.4, -0.2) is 37.1 Å². The Bertz CT molecular complexity index is 1700. The lowest BCUT2D eigenvalue weighted by atomic mass is 10.0. The van der Waals surface area contributed by atoms with E-state index in [9.17, 15) is 0 Å². The molecule has 0 bridgehead atoms. The van der Waals surface area contributed by atoms with Gasteiger partial charge in [0.15, 0.2) is 5.82 Å². The number of nitrogens with zero attached hydrogens (tertiary/aromatic N) is 6. The summed E-state index contributed by atoms with van der Waals surface area (Å²) in [5.74, 6) is 1.51. The molecule has 0 saturated carbocycles. The third kappa shape index (κ3) is 5.49. The van der Waals surface area contributed by atoms with E-state index in [1.54, 1.807) is 11.3 Å². The zero-order valence-electron chi connectivity index (χ0n) is 21.8. The largest absolute Gasteiger partial charge is 0.355 e. The lowest BCUT2D eigenvalue weighted by Gasteiger charge is -2.25. The number of aromatic nitrogens is 6. The summed E-state index contributed by atoms with van der Waals surface area (Å²) >= 11 is 1.70. The molecule has 3 heterocycles. The summed E-state index contributed by atoms with van der Waals surface area (Å²) < 4.78 is 1.16. The first-order chi connectivity index (χ1) is 19.2. The lowest BCUT2D eigenvalue weighted by Crippen LogP contribution is -2.24. The highest BCUT2D eigenvalue weighted by Gasteiger charge is 2.16. The maximum atomic E-state index is 5.18. The number of tetrazole rings is 1. The Labute approximate surface area is 230 Å². The smallest absolute Gasteiger partial charge is 0.180 e. The van der Waals surface area contributed by atoms with Crippen molar-refractivity contribution in [3.05, 3.63) is 95.5 Å². The highest BCUT2D eigenvalue weighted by Crippen LogP contribution is 2.34. The van der Waals surface area contributed by atoms with Gasteiger partial charge in [-0.25, -0.2) is 15.1 Å². The molecule has 9 heteroatoms. The Kier molecular flexibility index (Phi) is 6.97. The minimum atomic E-state index is 0.605. The molecule has 8 nitrogen and oxygen atoms in total. The van der Waals surface area contributed by atoms with E-state index < -0.39 is 0 Å². The summed E-state index contributed by atoms with van der Waals surface area (Å²) in [6, 6.07) is 29.1. The van der Waals surface area contributed by atoms with Gasteiger partial charge in [-0.1, -0.05) is 61.5 Å². The topological polar surface area (TPSA) is 95.5 Å². The first-order valence-electron chi connectivity index (χ1n) is 12.9. The van der Waals surface area contributed by atoms with Crippen LogP contribution in [0.15, 0.2) is 84.9 Å². The Morgan fingerprint density at radius 3 is 2.49 bits per heavy atom. The van der Waals surface area contributed by atoms with Crippen LogP contribution >= 0.6 is 11.3 Å². The number of hydrogen-bond acceptors (Lipinski definition) is 8. The van der Waals surface area contributed by atoms with Gasteiger partial charge in [-0.05, 0) is 53.6 Å². The van der Waals surface area contributed by atoms with Gasteiger partial charge in [-0.2, -0.15) is 0 Å². The van der Waals surface area contributed by atoms with Crippen LogP contribution in [0.3, 0.4) is 0 Å². The molecule has 3 aromatic carbocycles. The molecule has 0 radical (unpaired) electrons. The van der Waals surface area contributed by atoms with Crippen molar-refractivity contribution in [2.45, 2.75) is 26.8 Å². The van der Waals surface area contributed by atoms with Gasteiger partial charge >= 0.3 is 0 Å². The van der Waals surface area contributed by atoms with Crippen LogP contribution < -0.4 is 10.2 Å². The molecule has 0 unspecified atom stereocenters. The molecular weight excluding hydrogens is 504 g/mol. The van der Waals surface area contributed by atoms with Crippen molar-refractivity contribution in [1.82, 2.24) is 30.6 Å². The van der Waals surface area contributed by atoms with Crippen LogP contribution in [0.25, 0.3) is 32.9 Å². The molecule has 6 rings (SSSR count). The standard InChI is InChI=1S/C30H28N8S/c1-3-15-38(19-21-9-5-4-6-10-21)29-18-23(32-22-13-14-26-28(17-22)39-20(2)31-26)16-27(33-29)24-11-7-8-12-25(24)30-34-36-37-35-30/h4-14,16-18H,3,15,19H2,1-2H3,(H,32,33)(H,34,35,36,37). The minimum Gasteiger partial charge on any atom is -0.355 e. The van der Waals surface area contributed by atoms with E-state index >= 15 is 0 Å². The van der Waals surface area contributed by atoms with Crippen molar-refractivity contribution in [2.75, 3.05) is 16.8 Å². The second-order valence-electron chi connectivity index (χ2n) is 9.34. The number of benzene rings is 3. The Hall–Kier alpha value is -4.63. The van der Waals surface area contributed by atoms with E-state index in [-0.39, 0.29) is 0 Å². The van der Waals surface area contributed by atoms with Crippen molar-refractivity contribution >= 4 is 38.7 Å². The van der Waals surface area contributed by atoms with Crippen LogP contribution in [0.2, 0.25) is 0 Å².